The zero-order valence-electron chi connectivity index (χ0n) is 12.8. The quantitative estimate of drug-likeness (QED) is 0.766. The molecule has 0 unspecified atom stereocenters. The first-order valence-corrected chi connectivity index (χ1v) is 8.83. The first-order valence-electron chi connectivity index (χ1n) is 7.39. The Hall–Kier alpha value is -1.93. The van der Waals surface area contributed by atoms with Crippen LogP contribution in [-0.2, 0) is 19.6 Å². The van der Waals surface area contributed by atoms with Gasteiger partial charge < -0.3 is 15.2 Å². The lowest BCUT2D eigenvalue weighted by molar-refractivity contribution is -0.307. The van der Waals surface area contributed by atoms with E-state index in [1.807, 2.05) is 0 Å². The summed E-state index contributed by atoms with van der Waals surface area (Å²) < 4.78 is 26.3. The van der Waals surface area contributed by atoms with Gasteiger partial charge in [-0.05, 0) is 31.9 Å². The van der Waals surface area contributed by atoms with E-state index < -0.39 is 22.0 Å². The lowest BCUT2D eigenvalue weighted by Crippen LogP contribution is -2.49. The Bertz CT molecular complexity index is 666. The van der Waals surface area contributed by atoms with Crippen molar-refractivity contribution in [1.82, 2.24) is 9.62 Å². The molecule has 8 heteroatoms. The van der Waals surface area contributed by atoms with Crippen molar-refractivity contribution in [2.75, 3.05) is 13.1 Å². The molecule has 0 radical (unpaired) electrons. The van der Waals surface area contributed by atoms with Crippen LogP contribution in [0.5, 0.6) is 0 Å². The minimum Gasteiger partial charge on any atom is -0.548 e. The third kappa shape index (κ3) is 4.08. The molecule has 1 aromatic rings. The van der Waals surface area contributed by atoms with Crippen molar-refractivity contribution in [3.05, 3.63) is 30.3 Å². The number of piperidine rings is 1. The molecule has 1 atom stereocenters. The predicted molar refractivity (Wildman–Crippen MR) is 80.5 cm³/mol. The van der Waals surface area contributed by atoms with Crippen molar-refractivity contribution in [3.8, 4) is 0 Å². The third-order valence-corrected chi connectivity index (χ3v) is 5.83. The highest BCUT2D eigenvalue weighted by molar-refractivity contribution is 7.89. The summed E-state index contributed by atoms with van der Waals surface area (Å²) in [4.78, 5) is 22.8. The average molecular weight is 339 g/mol. The third-order valence-electron chi connectivity index (χ3n) is 3.92. The molecule has 23 heavy (non-hydrogen) atoms. The van der Waals surface area contributed by atoms with Crippen molar-refractivity contribution in [3.63, 3.8) is 0 Å². The highest BCUT2D eigenvalue weighted by Crippen LogP contribution is 2.23. The molecule has 0 saturated carbocycles. The van der Waals surface area contributed by atoms with Crippen LogP contribution in [0.2, 0.25) is 0 Å². The number of carbonyl (C=O) groups excluding carboxylic acids is 2. The number of rotatable bonds is 5. The number of aliphatic carboxylic acids is 1. The Morgan fingerprint density at radius 1 is 1.22 bits per heavy atom. The molecule has 1 saturated heterocycles. The van der Waals surface area contributed by atoms with E-state index in [1.165, 1.54) is 23.4 Å². The molecule has 0 aliphatic carbocycles. The zero-order chi connectivity index (χ0) is 17.0. The van der Waals surface area contributed by atoms with Gasteiger partial charge in [0.15, 0.2) is 0 Å². The monoisotopic (exact) mass is 339 g/mol. The number of amides is 1. The van der Waals surface area contributed by atoms with Gasteiger partial charge in [-0.1, -0.05) is 18.2 Å². The van der Waals surface area contributed by atoms with E-state index in [1.54, 1.807) is 18.2 Å². The Balaban J connectivity index is 1.96. The molecule has 1 amide bonds. The van der Waals surface area contributed by atoms with Gasteiger partial charge in [0.05, 0.1) is 16.9 Å². The van der Waals surface area contributed by atoms with E-state index in [-0.39, 0.29) is 29.8 Å². The van der Waals surface area contributed by atoms with Gasteiger partial charge in [-0.3, -0.25) is 4.79 Å². The fourth-order valence-corrected chi connectivity index (χ4v) is 3.98. The van der Waals surface area contributed by atoms with Crippen LogP contribution in [0.25, 0.3) is 0 Å². The van der Waals surface area contributed by atoms with Crippen LogP contribution in [-0.4, -0.2) is 43.7 Å². The van der Waals surface area contributed by atoms with Crippen molar-refractivity contribution >= 4 is 21.9 Å². The number of carbonyl (C=O) groups is 2. The number of hydrogen-bond donors (Lipinski definition) is 1. The summed E-state index contributed by atoms with van der Waals surface area (Å²) >= 11 is 0. The molecule has 1 heterocycles. The highest BCUT2D eigenvalue weighted by Gasteiger charge is 2.32. The number of benzene rings is 1. The molecule has 2 rings (SSSR count). The van der Waals surface area contributed by atoms with E-state index in [0.29, 0.717) is 12.8 Å². The number of carboxylic acid groups (broad SMARTS) is 1. The van der Waals surface area contributed by atoms with Gasteiger partial charge in [-0.25, -0.2) is 8.42 Å². The average Bonchev–Trinajstić information content (AvgIpc) is 2.55. The first kappa shape index (κ1) is 17.4. The van der Waals surface area contributed by atoms with Gasteiger partial charge in [0.25, 0.3) is 0 Å². The minimum atomic E-state index is -3.55. The maximum absolute atomic E-state index is 12.5. The molecule has 1 fully saturated rings. The SMILES string of the molecule is C[C@H](NC(=O)C1CCN(S(=O)(=O)c2ccccc2)CC1)C(=O)[O-]. The summed E-state index contributed by atoms with van der Waals surface area (Å²) in [5.74, 6) is -2.11. The zero-order valence-corrected chi connectivity index (χ0v) is 13.6. The summed E-state index contributed by atoms with van der Waals surface area (Å²) in [6.07, 6.45) is 0.718. The van der Waals surface area contributed by atoms with Crippen LogP contribution in [0, 0.1) is 5.92 Å². The lowest BCUT2D eigenvalue weighted by atomic mass is 9.97. The van der Waals surface area contributed by atoms with E-state index >= 15 is 0 Å². The maximum Gasteiger partial charge on any atom is 0.243 e. The largest absolute Gasteiger partial charge is 0.548 e. The predicted octanol–water partition coefficient (Wildman–Crippen LogP) is -0.658. The second-order valence-electron chi connectivity index (χ2n) is 5.54. The van der Waals surface area contributed by atoms with E-state index in [9.17, 15) is 23.1 Å². The molecule has 1 aromatic carbocycles. The standard InChI is InChI=1S/C15H20N2O5S/c1-11(15(19)20)16-14(18)12-7-9-17(10-8-12)23(21,22)13-5-3-2-4-6-13/h2-6,11-12H,7-10H2,1H3,(H,16,18)(H,19,20)/p-1/t11-/m0/s1. The topological polar surface area (TPSA) is 107 Å². The number of carboxylic acids is 1. The molecule has 1 N–H and O–H groups in total. The molecule has 0 aromatic heterocycles. The van der Waals surface area contributed by atoms with Crippen LogP contribution in [0.1, 0.15) is 19.8 Å². The maximum atomic E-state index is 12.5. The number of sulfonamides is 1. The fourth-order valence-electron chi connectivity index (χ4n) is 2.49. The molecule has 126 valence electrons. The molecule has 1 aliphatic heterocycles. The van der Waals surface area contributed by atoms with E-state index in [4.69, 9.17) is 0 Å². The summed E-state index contributed by atoms with van der Waals surface area (Å²) in [7, 11) is -3.55. The smallest absolute Gasteiger partial charge is 0.243 e. The fraction of sp³-hybridized carbons (Fsp3) is 0.467. The lowest BCUT2D eigenvalue weighted by Gasteiger charge is -2.31. The summed E-state index contributed by atoms with van der Waals surface area (Å²) in [5.41, 5.74) is 0. The Kier molecular flexibility index (Phi) is 5.38. The van der Waals surface area contributed by atoms with Crippen molar-refractivity contribution < 1.29 is 23.1 Å². The van der Waals surface area contributed by atoms with Gasteiger partial charge in [0, 0.05) is 19.0 Å². The summed E-state index contributed by atoms with van der Waals surface area (Å²) in [5, 5.41) is 13.0. The van der Waals surface area contributed by atoms with Gasteiger partial charge in [0.1, 0.15) is 0 Å². The molecular formula is C15H19N2O5S-. The van der Waals surface area contributed by atoms with Crippen LogP contribution in [0.3, 0.4) is 0 Å². The van der Waals surface area contributed by atoms with Crippen molar-refractivity contribution in [2.45, 2.75) is 30.7 Å². The summed E-state index contributed by atoms with van der Waals surface area (Å²) in [6, 6.07) is 7.08. The molecular weight excluding hydrogens is 320 g/mol. The Morgan fingerprint density at radius 3 is 2.30 bits per heavy atom. The Labute approximate surface area is 135 Å². The van der Waals surface area contributed by atoms with Crippen molar-refractivity contribution in [2.24, 2.45) is 5.92 Å². The molecule has 1 aliphatic rings. The Morgan fingerprint density at radius 2 is 1.78 bits per heavy atom. The van der Waals surface area contributed by atoms with E-state index in [2.05, 4.69) is 5.32 Å². The normalized spacial score (nSPS) is 18.3. The first-order chi connectivity index (χ1) is 10.8. The van der Waals surface area contributed by atoms with Gasteiger partial charge >= 0.3 is 0 Å². The van der Waals surface area contributed by atoms with Crippen LogP contribution in [0.4, 0.5) is 0 Å². The van der Waals surface area contributed by atoms with Crippen LogP contribution in [0.15, 0.2) is 35.2 Å². The van der Waals surface area contributed by atoms with E-state index in [0.717, 1.165) is 0 Å². The second kappa shape index (κ2) is 7.10. The van der Waals surface area contributed by atoms with Crippen LogP contribution >= 0.6 is 0 Å². The molecule has 0 bridgehead atoms. The number of nitrogens with zero attached hydrogens (tertiary/aromatic N) is 1. The number of hydrogen-bond acceptors (Lipinski definition) is 5. The highest BCUT2D eigenvalue weighted by atomic mass is 32.2. The van der Waals surface area contributed by atoms with Gasteiger partial charge in [-0.15, -0.1) is 0 Å². The number of nitrogens with one attached hydrogen (secondary N) is 1. The second-order valence-corrected chi connectivity index (χ2v) is 7.48. The van der Waals surface area contributed by atoms with Crippen molar-refractivity contribution in [1.29, 1.82) is 0 Å². The summed E-state index contributed by atoms with van der Waals surface area (Å²) in [6.45, 7) is 1.80. The molecule has 0 spiro atoms. The van der Waals surface area contributed by atoms with Gasteiger partial charge in [-0.2, -0.15) is 4.31 Å². The molecule has 7 nitrogen and oxygen atoms in total. The van der Waals surface area contributed by atoms with Crippen LogP contribution < -0.4 is 10.4 Å². The van der Waals surface area contributed by atoms with Gasteiger partial charge in [0.2, 0.25) is 15.9 Å². The minimum absolute atomic E-state index is 0.230.